The van der Waals surface area contributed by atoms with Crippen LogP contribution in [0.1, 0.15) is 55.2 Å². The summed E-state index contributed by atoms with van der Waals surface area (Å²) in [7, 11) is 0. The van der Waals surface area contributed by atoms with Gasteiger partial charge in [0, 0.05) is 18.3 Å². The largest absolute Gasteiger partial charge is 0.480 e. The van der Waals surface area contributed by atoms with Gasteiger partial charge in [-0.3, -0.25) is 9.48 Å². The molecular formula is C16H23N3O3. The van der Waals surface area contributed by atoms with Gasteiger partial charge in [-0.15, -0.1) is 0 Å². The minimum absolute atomic E-state index is 0.113. The van der Waals surface area contributed by atoms with Gasteiger partial charge in [-0.05, 0) is 45.4 Å². The molecule has 1 aliphatic carbocycles. The second kappa shape index (κ2) is 5.41. The average Bonchev–Trinajstić information content (AvgIpc) is 3.09. The van der Waals surface area contributed by atoms with Crippen LogP contribution in [-0.2, 0) is 4.79 Å². The first-order chi connectivity index (χ1) is 10.4. The van der Waals surface area contributed by atoms with E-state index < -0.39 is 12.0 Å². The number of amides is 1. The molecule has 3 rings (SSSR count). The van der Waals surface area contributed by atoms with Crippen LogP contribution < -0.4 is 0 Å². The summed E-state index contributed by atoms with van der Waals surface area (Å²) in [5, 5.41) is 13.8. The Morgan fingerprint density at radius 1 is 1.36 bits per heavy atom. The Morgan fingerprint density at radius 3 is 2.68 bits per heavy atom. The smallest absolute Gasteiger partial charge is 0.326 e. The summed E-state index contributed by atoms with van der Waals surface area (Å²) in [5.41, 5.74) is 1.33. The Hall–Kier alpha value is -1.85. The van der Waals surface area contributed by atoms with Crippen molar-refractivity contribution in [2.75, 3.05) is 6.54 Å². The topological polar surface area (TPSA) is 75.4 Å². The van der Waals surface area contributed by atoms with Crippen molar-refractivity contribution in [3.63, 3.8) is 0 Å². The zero-order chi connectivity index (χ0) is 16.0. The third kappa shape index (κ3) is 2.21. The molecule has 22 heavy (non-hydrogen) atoms. The van der Waals surface area contributed by atoms with Crippen LogP contribution in [0.5, 0.6) is 0 Å². The molecule has 1 aromatic rings. The maximum atomic E-state index is 12.9. The number of fused-ring (bicyclic) bond motifs is 1. The molecule has 2 heterocycles. The molecule has 6 heteroatoms. The Morgan fingerprint density at radius 2 is 2.09 bits per heavy atom. The van der Waals surface area contributed by atoms with Gasteiger partial charge in [0.05, 0.1) is 11.8 Å². The molecule has 1 aliphatic heterocycles. The molecule has 2 aliphatic rings. The van der Waals surface area contributed by atoms with Crippen LogP contribution in [0.4, 0.5) is 0 Å². The number of hydrogen-bond donors (Lipinski definition) is 1. The Labute approximate surface area is 130 Å². The molecule has 1 saturated carbocycles. The fourth-order valence-electron chi connectivity index (χ4n) is 4.14. The van der Waals surface area contributed by atoms with E-state index in [4.69, 9.17) is 0 Å². The van der Waals surface area contributed by atoms with Gasteiger partial charge in [0.15, 0.2) is 0 Å². The van der Waals surface area contributed by atoms with Gasteiger partial charge in [0.2, 0.25) is 0 Å². The fraction of sp³-hybridized carbons (Fsp3) is 0.688. The highest BCUT2D eigenvalue weighted by Gasteiger charge is 2.49. The lowest BCUT2D eigenvalue weighted by atomic mass is 9.94. The Kier molecular flexibility index (Phi) is 3.70. The summed E-state index contributed by atoms with van der Waals surface area (Å²) in [6.07, 6.45) is 4.59. The van der Waals surface area contributed by atoms with Gasteiger partial charge in [-0.2, -0.15) is 5.10 Å². The minimum Gasteiger partial charge on any atom is -0.480 e. The van der Waals surface area contributed by atoms with Crippen LogP contribution in [0.15, 0.2) is 6.20 Å². The zero-order valence-corrected chi connectivity index (χ0v) is 13.3. The van der Waals surface area contributed by atoms with E-state index in [-0.39, 0.29) is 17.9 Å². The molecule has 120 valence electrons. The van der Waals surface area contributed by atoms with Gasteiger partial charge >= 0.3 is 5.97 Å². The van der Waals surface area contributed by atoms with Gasteiger partial charge in [-0.1, -0.05) is 6.42 Å². The predicted octanol–water partition coefficient (Wildman–Crippen LogP) is 2.10. The summed E-state index contributed by atoms with van der Waals surface area (Å²) in [5.74, 6) is -0.616. The van der Waals surface area contributed by atoms with Crippen LogP contribution in [0.25, 0.3) is 0 Å². The molecule has 2 fully saturated rings. The first kappa shape index (κ1) is 15.1. The summed E-state index contributed by atoms with van der Waals surface area (Å²) < 4.78 is 1.81. The molecule has 1 N–H and O–H groups in total. The second-order valence-corrected chi connectivity index (χ2v) is 6.78. The first-order valence-electron chi connectivity index (χ1n) is 7.99. The minimum atomic E-state index is -0.878. The van der Waals surface area contributed by atoms with Gasteiger partial charge in [0.25, 0.3) is 5.91 Å². The molecular weight excluding hydrogens is 282 g/mol. The maximum Gasteiger partial charge on any atom is 0.326 e. The summed E-state index contributed by atoms with van der Waals surface area (Å²) in [4.78, 5) is 26.1. The molecule has 1 saturated heterocycles. The van der Waals surface area contributed by atoms with E-state index in [1.165, 1.54) is 0 Å². The third-order valence-electron chi connectivity index (χ3n) is 5.17. The highest BCUT2D eigenvalue weighted by molar-refractivity contribution is 5.97. The van der Waals surface area contributed by atoms with Crippen LogP contribution in [0, 0.1) is 18.8 Å². The lowest BCUT2D eigenvalue weighted by Gasteiger charge is -2.24. The second-order valence-electron chi connectivity index (χ2n) is 6.78. The van der Waals surface area contributed by atoms with E-state index in [0.29, 0.717) is 18.0 Å². The molecule has 0 aromatic carbocycles. The summed E-state index contributed by atoms with van der Waals surface area (Å²) in [6.45, 7) is 6.45. The number of carbonyl (C=O) groups is 2. The van der Waals surface area contributed by atoms with E-state index in [0.717, 1.165) is 25.0 Å². The number of rotatable bonds is 3. The van der Waals surface area contributed by atoms with E-state index in [9.17, 15) is 14.7 Å². The number of carboxylic acid groups (broad SMARTS) is 1. The number of nitrogens with zero attached hydrogens (tertiary/aromatic N) is 3. The summed E-state index contributed by atoms with van der Waals surface area (Å²) >= 11 is 0. The van der Waals surface area contributed by atoms with Crippen molar-refractivity contribution in [2.45, 2.75) is 52.1 Å². The van der Waals surface area contributed by atoms with Crippen molar-refractivity contribution in [3.8, 4) is 0 Å². The van der Waals surface area contributed by atoms with Crippen molar-refractivity contribution >= 4 is 11.9 Å². The van der Waals surface area contributed by atoms with Crippen molar-refractivity contribution in [3.05, 3.63) is 17.5 Å². The highest BCUT2D eigenvalue weighted by atomic mass is 16.4. The molecule has 0 bridgehead atoms. The van der Waals surface area contributed by atoms with E-state index in [1.54, 1.807) is 15.8 Å². The Balaban J connectivity index is 1.90. The number of hydrogen-bond acceptors (Lipinski definition) is 3. The van der Waals surface area contributed by atoms with Gasteiger partial charge in [0.1, 0.15) is 6.04 Å². The van der Waals surface area contributed by atoms with Crippen molar-refractivity contribution < 1.29 is 14.7 Å². The SMILES string of the molecule is Cc1c(C(=O)N2CC3CCCC3C2C(=O)O)cnn1C(C)C. The number of likely N-dealkylation sites (tertiary alicyclic amines) is 1. The van der Waals surface area contributed by atoms with E-state index in [1.807, 2.05) is 20.8 Å². The molecule has 0 spiro atoms. The van der Waals surface area contributed by atoms with E-state index >= 15 is 0 Å². The standard InChI is InChI=1S/C16H23N3O3/c1-9(2)19-10(3)13(7-17-19)15(20)18-8-11-5-4-6-12(11)14(18)16(21)22/h7,9,11-12,14H,4-6,8H2,1-3H3,(H,21,22). The molecule has 6 nitrogen and oxygen atoms in total. The molecule has 1 amide bonds. The highest BCUT2D eigenvalue weighted by Crippen LogP contribution is 2.42. The van der Waals surface area contributed by atoms with Crippen molar-refractivity contribution in [2.24, 2.45) is 11.8 Å². The van der Waals surface area contributed by atoms with Crippen molar-refractivity contribution in [1.82, 2.24) is 14.7 Å². The molecule has 3 unspecified atom stereocenters. The first-order valence-corrected chi connectivity index (χ1v) is 7.99. The Bertz CT molecular complexity index is 608. The zero-order valence-electron chi connectivity index (χ0n) is 13.3. The van der Waals surface area contributed by atoms with E-state index in [2.05, 4.69) is 5.10 Å². The van der Waals surface area contributed by atoms with Gasteiger partial charge in [-0.25, -0.2) is 4.79 Å². The number of aromatic nitrogens is 2. The van der Waals surface area contributed by atoms with Crippen LogP contribution in [-0.4, -0.2) is 44.3 Å². The molecule has 3 atom stereocenters. The van der Waals surface area contributed by atoms with Crippen LogP contribution in [0.2, 0.25) is 0 Å². The summed E-state index contributed by atoms with van der Waals surface area (Å²) in [6, 6.07) is -0.503. The van der Waals surface area contributed by atoms with Crippen LogP contribution >= 0.6 is 0 Å². The normalized spacial score (nSPS) is 27.5. The number of aliphatic carboxylic acids is 1. The quantitative estimate of drug-likeness (QED) is 0.928. The molecule has 0 radical (unpaired) electrons. The maximum absolute atomic E-state index is 12.9. The van der Waals surface area contributed by atoms with Crippen LogP contribution in [0.3, 0.4) is 0 Å². The number of carboxylic acids is 1. The van der Waals surface area contributed by atoms with Gasteiger partial charge < -0.3 is 10.0 Å². The number of carbonyl (C=O) groups excluding carboxylic acids is 1. The van der Waals surface area contributed by atoms with Crippen molar-refractivity contribution in [1.29, 1.82) is 0 Å². The predicted molar refractivity (Wildman–Crippen MR) is 80.6 cm³/mol. The lowest BCUT2D eigenvalue weighted by molar-refractivity contribution is -0.142. The lowest BCUT2D eigenvalue weighted by Crippen LogP contribution is -2.43. The fourth-order valence-corrected chi connectivity index (χ4v) is 4.14. The molecule has 1 aromatic heterocycles. The third-order valence-corrected chi connectivity index (χ3v) is 5.17. The average molecular weight is 305 g/mol. The monoisotopic (exact) mass is 305 g/mol.